The minimum Gasteiger partial charge on any atom is -0.351 e. The predicted octanol–water partition coefficient (Wildman–Crippen LogP) is 3.86. The van der Waals surface area contributed by atoms with Gasteiger partial charge in [0.1, 0.15) is 29.5 Å². The fraction of sp³-hybridized carbons (Fsp3) is 0.276. The Labute approximate surface area is 237 Å². The molecule has 0 saturated carbocycles. The maximum Gasteiger partial charge on any atom is 0.255 e. The summed E-state index contributed by atoms with van der Waals surface area (Å²) in [5.41, 5.74) is 3.95. The lowest BCUT2D eigenvalue weighted by atomic mass is 10.0. The number of hydrogen-bond acceptors (Lipinski definition) is 6. The molecule has 12 heteroatoms. The van der Waals surface area contributed by atoms with Gasteiger partial charge in [0, 0.05) is 42.2 Å². The monoisotopic (exact) mass is 576 g/mol. The van der Waals surface area contributed by atoms with Gasteiger partial charge in [0.05, 0.1) is 30.0 Å². The highest BCUT2D eigenvalue weighted by Crippen LogP contribution is 2.36. The Bertz CT molecular complexity index is 1770. The Morgan fingerprint density at radius 1 is 1.07 bits per heavy atom. The molecule has 0 radical (unpaired) electrons. The van der Waals surface area contributed by atoms with E-state index in [0.717, 1.165) is 22.7 Å². The molecule has 4 aromatic rings. The number of aromatic nitrogens is 3. The van der Waals surface area contributed by atoms with Crippen molar-refractivity contribution >= 4 is 46.2 Å². The highest BCUT2D eigenvalue weighted by Gasteiger charge is 2.39. The van der Waals surface area contributed by atoms with Gasteiger partial charge in [-0.3, -0.25) is 24.7 Å². The molecule has 6 heterocycles. The molecule has 3 aliphatic heterocycles. The third-order valence-electron chi connectivity index (χ3n) is 7.88. The summed E-state index contributed by atoms with van der Waals surface area (Å²) in [6.07, 6.45) is 2.56. The number of hydrogen-bond donors (Lipinski definition) is 1. The van der Waals surface area contributed by atoms with Crippen LogP contribution in [-0.2, 0) is 22.7 Å². The van der Waals surface area contributed by atoms with Crippen LogP contribution in [0.5, 0.6) is 0 Å². The van der Waals surface area contributed by atoms with Crippen LogP contribution in [0.2, 0.25) is 5.02 Å². The number of rotatable bonds is 5. The number of anilines is 1. The van der Waals surface area contributed by atoms with E-state index in [4.69, 9.17) is 16.6 Å². The number of piperidine rings is 1. The predicted molar refractivity (Wildman–Crippen MR) is 147 cm³/mol. The molecular formula is C29H23ClF2N6O3. The fourth-order valence-corrected chi connectivity index (χ4v) is 6.03. The highest BCUT2D eigenvalue weighted by molar-refractivity contribution is 6.33. The van der Waals surface area contributed by atoms with Gasteiger partial charge in [-0.15, -0.1) is 0 Å². The van der Waals surface area contributed by atoms with Crippen LogP contribution < -0.4 is 10.2 Å². The molecule has 3 amide bonds. The van der Waals surface area contributed by atoms with Gasteiger partial charge in [-0.2, -0.15) is 0 Å². The molecule has 0 bridgehead atoms. The van der Waals surface area contributed by atoms with Crippen LogP contribution >= 0.6 is 11.6 Å². The van der Waals surface area contributed by atoms with Gasteiger partial charge in [0.25, 0.3) is 5.91 Å². The second-order valence-electron chi connectivity index (χ2n) is 10.6. The summed E-state index contributed by atoms with van der Waals surface area (Å²) in [5, 5.41) is 3.24. The minimum absolute atomic E-state index is 0.159. The molecule has 1 aromatic carbocycles. The topological polar surface area (TPSA) is 100 Å². The van der Waals surface area contributed by atoms with E-state index in [1.807, 2.05) is 33.9 Å². The first-order chi connectivity index (χ1) is 19.7. The number of fused-ring (bicyclic) bond motifs is 2. The molecule has 3 aromatic heterocycles. The van der Waals surface area contributed by atoms with E-state index in [9.17, 15) is 23.2 Å². The lowest BCUT2D eigenvalue weighted by Gasteiger charge is -2.35. The van der Waals surface area contributed by atoms with Crippen molar-refractivity contribution in [3.63, 3.8) is 0 Å². The van der Waals surface area contributed by atoms with Crippen molar-refractivity contribution in [3.05, 3.63) is 76.3 Å². The van der Waals surface area contributed by atoms with E-state index in [2.05, 4.69) is 10.3 Å². The molecule has 7 rings (SSSR count). The van der Waals surface area contributed by atoms with Crippen LogP contribution in [0.15, 0.2) is 48.8 Å². The van der Waals surface area contributed by atoms with Gasteiger partial charge in [0.2, 0.25) is 11.8 Å². The zero-order chi connectivity index (χ0) is 28.4. The molecule has 2 fully saturated rings. The zero-order valence-electron chi connectivity index (χ0n) is 21.6. The number of amides is 3. The quantitative estimate of drug-likeness (QED) is 0.362. The van der Waals surface area contributed by atoms with Crippen LogP contribution in [0.3, 0.4) is 0 Å². The van der Waals surface area contributed by atoms with E-state index in [1.165, 1.54) is 11.0 Å². The summed E-state index contributed by atoms with van der Waals surface area (Å²) >= 11 is 6.38. The number of nitrogens with one attached hydrogen (secondary N) is 1. The molecule has 41 heavy (non-hydrogen) atoms. The van der Waals surface area contributed by atoms with Gasteiger partial charge in [-0.1, -0.05) is 23.7 Å². The summed E-state index contributed by atoms with van der Waals surface area (Å²) in [4.78, 5) is 49.4. The largest absolute Gasteiger partial charge is 0.351 e. The smallest absolute Gasteiger partial charge is 0.255 e. The maximum atomic E-state index is 13.8. The Hall–Kier alpha value is -4.38. The molecular weight excluding hydrogens is 554 g/mol. The van der Waals surface area contributed by atoms with Gasteiger partial charge < -0.3 is 14.4 Å². The number of pyridine rings is 2. The van der Waals surface area contributed by atoms with Gasteiger partial charge in [-0.25, -0.2) is 13.8 Å². The number of carbonyl (C=O) groups is 3. The van der Waals surface area contributed by atoms with Gasteiger partial charge in [0.15, 0.2) is 0 Å². The average Bonchev–Trinajstić information content (AvgIpc) is 3.47. The SMILES string of the molecule is O=C1CCC(N2Cc3cc(Cn4ccc5c(-c6ncc(F)cc6Cl)cc(N6CC(F)C6)nc54)ccc3C2=O)C(=O)N1. The number of imide groups is 1. The maximum absolute atomic E-state index is 13.8. The number of halogens is 3. The molecule has 0 spiro atoms. The highest BCUT2D eigenvalue weighted by atomic mass is 35.5. The van der Waals surface area contributed by atoms with Gasteiger partial charge >= 0.3 is 0 Å². The van der Waals surface area contributed by atoms with Crippen molar-refractivity contribution in [1.82, 2.24) is 24.8 Å². The second-order valence-corrected chi connectivity index (χ2v) is 11.0. The van der Waals surface area contributed by atoms with Crippen molar-refractivity contribution in [2.24, 2.45) is 0 Å². The summed E-state index contributed by atoms with van der Waals surface area (Å²) in [6.45, 7) is 1.16. The first kappa shape index (κ1) is 25.6. The molecule has 208 valence electrons. The normalized spacial score (nSPS) is 19.1. The molecule has 1 atom stereocenters. The first-order valence-corrected chi connectivity index (χ1v) is 13.6. The van der Waals surface area contributed by atoms with Crippen molar-refractivity contribution in [2.75, 3.05) is 18.0 Å². The Balaban J connectivity index is 1.22. The molecule has 1 N–H and O–H groups in total. The number of carbonyl (C=O) groups excluding carboxylic acids is 3. The van der Waals surface area contributed by atoms with E-state index in [0.29, 0.717) is 41.3 Å². The Morgan fingerprint density at radius 2 is 1.90 bits per heavy atom. The van der Waals surface area contributed by atoms with Crippen LogP contribution in [0.1, 0.15) is 34.3 Å². The van der Waals surface area contributed by atoms with E-state index < -0.39 is 23.9 Å². The van der Waals surface area contributed by atoms with Crippen LogP contribution in [0.4, 0.5) is 14.6 Å². The molecule has 9 nitrogen and oxygen atoms in total. The lowest BCUT2D eigenvalue weighted by molar-refractivity contribution is -0.136. The first-order valence-electron chi connectivity index (χ1n) is 13.2. The summed E-state index contributed by atoms with van der Waals surface area (Å²) in [6, 6.07) is 9.78. The third-order valence-corrected chi connectivity index (χ3v) is 8.17. The Kier molecular flexibility index (Phi) is 6.00. The molecule has 2 saturated heterocycles. The molecule has 3 aliphatic rings. The van der Waals surface area contributed by atoms with Crippen LogP contribution in [-0.4, -0.2) is 62.5 Å². The third kappa shape index (κ3) is 4.40. The van der Waals surface area contributed by atoms with Crippen molar-refractivity contribution < 1.29 is 23.2 Å². The van der Waals surface area contributed by atoms with Crippen molar-refractivity contribution in [1.29, 1.82) is 0 Å². The summed E-state index contributed by atoms with van der Waals surface area (Å²) in [5.74, 6) is -0.976. The van der Waals surface area contributed by atoms with Crippen molar-refractivity contribution in [3.8, 4) is 11.3 Å². The van der Waals surface area contributed by atoms with E-state index >= 15 is 0 Å². The number of benzene rings is 1. The average molecular weight is 577 g/mol. The van der Waals surface area contributed by atoms with E-state index in [1.54, 1.807) is 12.1 Å². The van der Waals surface area contributed by atoms with Crippen molar-refractivity contribution in [2.45, 2.75) is 38.1 Å². The number of alkyl halides is 1. The number of nitrogens with zero attached hydrogens (tertiary/aromatic N) is 5. The summed E-state index contributed by atoms with van der Waals surface area (Å²) in [7, 11) is 0. The second kappa shape index (κ2) is 9.62. The van der Waals surface area contributed by atoms with E-state index in [-0.39, 0.29) is 42.9 Å². The van der Waals surface area contributed by atoms with Crippen LogP contribution in [0.25, 0.3) is 22.3 Å². The molecule has 1 unspecified atom stereocenters. The summed E-state index contributed by atoms with van der Waals surface area (Å²) < 4.78 is 29.4. The lowest BCUT2D eigenvalue weighted by Crippen LogP contribution is -2.52. The fourth-order valence-electron chi connectivity index (χ4n) is 5.78. The molecule has 0 aliphatic carbocycles. The minimum atomic E-state index is -0.927. The van der Waals surface area contributed by atoms with Crippen LogP contribution in [0, 0.1) is 5.82 Å². The standard InChI is InChI=1S/C29H23ClF2N6O3/c30-22-8-17(31)10-33-26(22)21-9-24(37-13-18(32)14-37)34-27-20(21)5-6-36(27)11-15-1-2-19-16(7-15)12-38(29(19)41)23-3-4-25(39)35-28(23)40/h1-2,5-10,18,23H,3-4,11-14H2,(H,35,39,40). The Morgan fingerprint density at radius 3 is 2.66 bits per heavy atom. The van der Waals surface area contributed by atoms with Gasteiger partial charge in [-0.05, 0) is 41.8 Å². The zero-order valence-corrected chi connectivity index (χ0v) is 22.4.